The normalized spacial score (nSPS) is 31.0. The zero-order valence-corrected chi connectivity index (χ0v) is 13.1. The Morgan fingerprint density at radius 3 is 2.68 bits per heavy atom. The van der Waals surface area contributed by atoms with Crippen molar-refractivity contribution >= 4 is 23.0 Å². The Labute approximate surface area is 133 Å². The number of aliphatic hydroxyl groups is 1. The molecule has 1 saturated carbocycles. The van der Waals surface area contributed by atoms with E-state index in [4.69, 9.17) is 11.6 Å². The minimum atomic E-state index is -0.949. The van der Waals surface area contributed by atoms with E-state index >= 15 is 0 Å². The quantitative estimate of drug-likeness (QED) is 0.875. The first-order valence-electron chi connectivity index (χ1n) is 7.57. The van der Waals surface area contributed by atoms with E-state index in [0.29, 0.717) is 29.7 Å². The maximum absolute atomic E-state index is 11.5. The number of amides is 1. The van der Waals surface area contributed by atoms with Gasteiger partial charge in [0.1, 0.15) is 5.60 Å². The number of rotatable bonds is 1. The Morgan fingerprint density at radius 2 is 2.05 bits per heavy atom. The van der Waals surface area contributed by atoms with Gasteiger partial charge < -0.3 is 10.0 Å². The average molecular weight is 320 g/mol. The lowest BCUT2D eigenvalue weighted by molar-refractivity contribution is -0.128. The molecule has 3 atom stereocenters. The summed E-state index contributed by atoms with van der Waals surface area (Å²) in [5.41, 5.74) is 0.707. The minimum absolute atomic E-state index is 0.118. The third-order valence-corrected chi connectivity index (χ3v) is 5.50. The number of likely N-dealkylation sites (tertiary alicyclic amines) is 1. The minimum Gasteiger partial charge on any atom is -0.384 e. The first-order chi connectivity index (χ1) is 10.5. The summed E-state index contributed by atoms with van der Waals surface area (Å²) in [5, 5.41) is 11.8. The number of hydrogen-bond acceptors (Lipinski definition) is 3. The molecule has 2 aromatic heterocycles. The maximum Gasteiger partial charge on any atom is 0.219 e. The second kappa shape index (κ2) is 4.70. The van der Waals surface area contributed by atoms with Gasteiger partial charge in [-0.15, -0.1) is 0 Å². The Hall–Kier alpha value is -1.59. The molecule has 5 nitrogen and oxygen atoms in total. The number of pyridine rings is 1. The van der Waals surface area contributed by atoms with Crippen molar-refractivity contribution in [2.24, 2.45) is 11.8 Å². The maximum atomic E-state index is 11.5. The van der Waals surface area contributed by atoms with Crippen LogP contribution < -0.4 is 0 Å². The zero-order valence-electron chi connectivity index (χ0n) is 12.4. The number of imidazole rings is 1. The van der Waals surface area contributed by atoms with Gasteiger partial charge in [-0.25, -0.2) is 4.98 Å². The van der Waals surface area contributed by atoms with Gasteiger partial charge >= 0.3 is 0 Å². The molecule has 0 bridgehead atoms. The number of nitrogens with zero attached hydrogens (tertiary/aromatic N) is 3. The Balaban J connectivity index is 1.70. The van der Waals surface area contributed by atoms with Gasteiger partial charge in [0, 0.05) is 20.0 Å². The summed E-state index contributed by atoms with van der Waals surface area (Å²) in [7, 11) is 0. The molecular formula is C16H18ClN3O2. The number of fused-ring (bicyclic) bond motifs is 2. The third kappa shape index (κ3) is 1.96. The van der Waals surface area contributed by atoms with Crippen LogP contribution >= 0.6 is 11.6 Å². The van der Waals surface area contributed by atoms with Crippen LogP contribution in [-0.2, 0) is 10.4 Å². The molecule has 2 fully saturated rings. The van der Waals surface area contributed by atoms with E-state index in [9.17, 15) is 9.90 Å². The van der Waals surface area contributed by atoms with Crippen molar-refractivity contribution in [1.29, 1.82) is 0 Å². The van der Waals surface area contributed by atoms with E-state index < -0.39 is 5.60 Å². The van der Waals surface area contributed by atoms with E-state index in [2.05, 4.69) is 4.98 Å². The third-order valence-electron chi connectivity index (χ3n) is 5.20. The number of carbonyl (C=O) groups is 1. The summed E-state index contributed by atoms with van der Waals surface area (Å²) in [6.45, 7) is 3.08. The monoisotopic (exact) mass is 319 g/mol. The van der Waals surface area contributed by atoms with Crippen molar-refractivity contribution in [1.82, 2.24) is 14.3 Å². The van der Waals surface area contributed by atoms with Crippen LogP contribution in [-0.4, -0.2) is 38.4 Å². The summed E-state index contributed by atoms with van der Waals surface area (Å²) >= 11 is 6.39. The molecule has 1 aliphatic heterocycles. The highest BCUT2D eigenvalue weighted by Crippen LogP contribution is 2.50. The summed E-state index contributed by atoms with van der Waals surface area (Å²) in [5.74, 6) is 0.792. The van der Waals surface area contributed by atoms with Gasteiger partial charge in [0.15, 0.2) is 0 Å². The Bertz CT molecular complexity index is 743. The lowest BCUT2D eigenvalue weighted by Gasteiger charge is -2.28. The molecule has 1 saturated heterocycles. The summed E-state index contributed by atoms with van der Waals surface area (Å²) in [4.78, 5) is 17.6. The first-order valence-corrected chi connectivity index (χ1v) is 7.95. The van der Waals surface area contributed by atoms with Gasteiger partial charge in [0.2, 0.25) is 5.91 Å². The van der Waals surface area contributed by atoms with Gasteiger partial charge in [-0.2, -0.15) is 0 Å². The molecular weight excluding hydrogens is 302 g/mol. The molecule has 0 aromatic carbocycles. The predicted molar refractivity (Wildman–Crippen MR) is 82.6 cm³/mol. The van der Waals surface area contributed by atoms with E-state index in [1.807, 2.05) is 21.4 Å². The average Bonchev–Trinajstić information content (AvgIpc) is 3.10. The van der Waals surface area contributed by atoms with Gasteiger partial charge in [-0.05, 0) is 36.8 Å². The van der Waals surface area contributed by atoms with Crippen molar-refractivity contribution in [3.63, 3.8) is 0 Å². The van der Waals surface area contributed by atoms with Crippen LogP contribution in [0.25, 0.3) is 5.52 Å². The van der Waals surface area contributed by atoms with Crippen LogP contribution in [0.2, 0.25) is 5.02 Å². The highest BCUT2D eigenvalue weighted by Gasteiger charge is 2.51. The number of carbonyl (C=O) groups excluding carboxylic acids is 1. The molecule has 3 heterocycles. The Morgan fingerprint density at radius 1 is 1.36 bits per heavy atom. The largest absolute Gasteiger partial charge is 0.384 e. The van der Waals surface area contributed by atoms with Crippen molar-refractivity contribution in [3.05, 3.63) is 35.4 Å². The molecule has 0 unspecified atom stereocenters. The van der Waals surface area contributed by atoms with Crippen LogP contribution in [0.4, 0.5) is 0 Å². The summed E-state index contributed by atoms with van der Waals surface area (Å²) in [6, 6.07) is 3.72. The van der Waals surface area contributed by atoms with Crippen LogP contribution in [0.1, 0.15) is 25.5 Å². The smallest absolute Gasteiger partial charge is 0.219 e. The van der Waals surface area contributed by atoms with Gasteiger partial charge in [0.05, 0.1) is 28.8 Å². The van der Waals surface area contributed by atoms with Crippen LogP contribution in [0.15, 0.2) is 24.7 Å². The SMILES string of the molecule is CC(=O)N1C[C@@H]2C[C@](O)(c3c(Cl)ccc4cncn34)C[C@@H]2C1. The number of aromatic nitrogens is 2. The molecule has 1 amide bonds. The van der Waals surface area contributed by atoms with Crippen LogP contribution in [0, 0.1) is 11.8 Å². The first kappa shape index (κ1) is 14.0. The fraction of sp³-hybridized carbons (Fsp3) is 0.500. The zero-order chi connectivity index (χ0) is 15.5. The van der Waals surface area contributed by atoms with Crippen molar-refractivity contribution in [2.45, 2.75) is 25.4 Å². The molecule has 116 valence electrons. The molecule has 4 rings (SSSR count). The molecule has 0 radical (unpaired) electrons. The molecule has 6 heteroatoms. The second-order valence-electron chi connectivity index (χ2n) is 6.60. The van der Waals surface area contributed by atoms with Gasteiger partial charge in [0.25, 0.3) is 0 Å². The molecule has 2 aliphatic rings. The van der Waals surface area contributed by atoms with Crippen molar-refractivity contribution in [2.75, 3.05) is 13.1 Å². The highest BCUT2D eigenvalue weighted by atomic mass is 35.5. The predicted octanol–water partition coefficient (Wildman–Crippen LogP) is 2.06. The highest BCUT2D eigenvalue weighted by molar-refractivity contribution is 6.31. The molecule has 1 aliphatic carbocycles. The lowest BCUT2D eigenvalue weighted by Crippen LogP contribution is -2.32. The fourth-order valence-corrected chi connectivity index (χ4v) is 4.55. The summed E-state index contributed by atoms with van der Waals surface area (Å²) in [6.07, 6.45) is 4.73. The van der Waals surface area contributed by atoms with Crippen LogP contribution in [0.5, 0.6) is 0 Å². The van der Waals surface area contributed by atoms with Crippen molar-refractivity contribution < 1.29 is 9.90 Å². The summed E-state index contributed by atoms with van der Waals surface area (Å²) < 4.78 is 1.88. The standard InChI is InChI=1S/C16H18ClN3O2/c1-10(21)19-7-11-4-16(22,5-12(11)8-19)15-14(17)3-2-13-6-18-9-20(13)15/h2-3,6,9,11-12,22H,4-5,7-8H2,1H3/t11-,12+,16+. The topological polar surface area (TPSA) is 57.8 Å². The van der Waals surface area contributed by atoms with Crippen LogP contribution in [0.3, 0.4) is 0 Å². The van der Waals surface area contributed by atoms with Gasteiger partial charge in [-0.1, -0.05) is 11.6 Å². The van der Waals surface area contributed by atoms with E-state index in [-0.39, 0.29) is 5.91 Å². The number of hydrogen-bond donors (Lipinski definition) is 1. The van der Waals surface area contributed by atoms with E-state index in [1.54, 1.807) is 19.4 Å². The van der Waals surface area contributed by atoms with Crippen molar-refractivity contribution in [3.8, 4) is 0 Å². The molecule has 1 N–H and O–H groups in total. The van der Waals surface area contributed by atoms with Gasteiger partial charge in [-0.3, -0.25) is 9.20 Å². The lowest BCUT2D eigenvalue weighted by atomic mass is 9.94. The van der Waals surface area contributed by atoms with E-state index in [0.717, 1.165) is 24.3 Å². The second-order valence-corrected chi connectivity index (χ2v) is 7.01. The number of halogens is 1. The fourth-order valence-electron chi connectivity index (χ4n) is 4.22. The van der Waals surface area contributed by atoms with E-state index in [1.165, 1.54) is 0 Å². The molecule has 22 heavy (non-hydrogen) atoms. The Kier molecular flexibility index (Phi) is 3.00. The molecule has 2 aromatic rings. The molecule has 0 spiro atoms.